The second-order valence-electron chi connectivity index (χ2n) is 15.8. The van der Waals surface area contributed by atoms with Gasteiger partial charge in [0, 0.05) is 50.4 Å². The van der Waals surface area contributed by atoms with Crippen molar-refractivity contribution in [3.05, 3.63) is 168 Å². The maximum absolute atomic E-state index is 8.97. The number of hydrogen-bond acceptors (Lipinski definition) is 5. The molecule has 12 rings (SSSR count). The highest BCUT2D eigenvalue weighted by Gasteiger charge is 2.36. The number of aromatic nitrogens is 4. The van der Waals surface area contributed by atoms with E-state index in [9.17, 15) is 0 Å². The molecule has 0 fully saturated rings. The van der Waals surface area contributed by atoms with Crippen molar-refractivity contribution in [3.63, 3.8) is 0 Å². The monoisotopic (exact) mass is 787 g/mol. The van der Waals surface area contributed by atoms with E-state index in [1.807, 2.05) is 91.2 Å². The summed E-state index contributed by atoms with van der Waals surface area (Å²) in [6.07, 6.45) is 3.40. The van der Waals surface area contributed by atoms with E-state index in [1.54, 1.807) is 30.6 Å². The third-order valence-corrected chi connectivity index (χ3v) is 13.4. The summed E-state index contributed by atoms with van der Waals surface area (Å²) in [6, 6.07) is 40.1. The summed E-state index contributed by atoms with van der Waals surface area (Å²) in [6.45, 7) is -3.81. The predicted molar refractivity (Wildman–Crippen MR) is 241 cm³/mol. The van der Waals surface area contributed by atoms with Crippen LogP contribution in [0.4, 0.5) is 0 Å². The van der Waals surface area contributed by atoms with Crippen molar-refractivity contribution in [2.45, 2.75) is 49.6 Å². The number of oxazole rings is 1. The first-order valence-electron chi connectivity index (χ1n) is 23.9. The molecule has 0 bridgehead atoms. The number of nitrogens with zero attached hydrogens (tertiary/aromatic N) is 4. The molecule has 1 aliphatic carbocycles. The molecule has 1 aliphatic heterocycles. The minimum Gasteiger partial charge on any atom is -0.422 e. The summed E-state index contributed by atoms with van der Waals surface area (Å²) >= 11 is 1.33. The molecule has 0 atom stereocenters. The van der Waals surface area contributed by atoms with E-state index in [-0.39, 0.29) is 39.2 Å². The van der Waals surface area contributed by atoms with E-state index in [1.165, 1.54) is 17.8 Å². The van der Waals surface area contributed by atoms with E-state index in [4.69, 9.17) is 21.7 Å². The Hall–Kier alpha value is -6.76. The Morgan fingerprint density at radius 3 is 2.15 bits per heavy atom. The second-order valence-corrected chi connectivity index (χ2v) is 16.8. The Morgan fingerprint density at radius 2 is 1.32 bits per heavy atom. The van der Waals surface area contributed by atoms with Crippen LogP contribution >= 0.6 is 11.8 Å². The van der Waals surface area contributed by atoms with Gasteiger partial charge >= 0.3 is 5.84 Å². The Morgan fingerprint density at radius 1 is 0.610 bits per heavy atom. The Bertz CT molecular complexity index is 3780. The largest absolute Gasteiger partial charge is 0.422 e. The summed E-state index contributed by atoms with van der Waals surface area (Å²) in [7, 11) is 0. The van der Waals surface area contributed by atoms with E-state index >= 15 is 0 Å². The van der Waals surface area contributed by atoms with Gasteiger partial charge in [-0.25, -0.2) is 9.97 Å². The predicted octanol–water partition coefficient (Wildman–Crippen LogP) is 14.1. The van der Waals surface area contributed by atoms with Crippen molar-refractivity contribution in [2.75, 3.05) is 0 Å². The molecule has 0 saturated carbocycles. The molecule has 0 unspecified atom stereocenters. The minimum atomic E-state index is -2.71. The van der Waals surface area contributed by atoms with Crippen LogP contribution in [0.25, 0.3) is 94.9 Å². The molecule has 0 N–H and O–H groups in total. The Balaban J connectivity index is 1.10. The van der Waals surface area contributed by atoms with Crippen LogP contribution in [0.3, 0.4) is 0 Å². The van der Waals surface area contributed by atoms with Gasteiger partial charge in [0.1, 0.15) is 6.33 Å². The van der Waals surface area contributed by atoms with E-state index < -0.39 is 26.0 Å². The summed E-state index contributed by atoms with van der Waals surface area (Å²) in [5.41, 5.74) is 12.0. The zero-order valence-corrected chi connectivity index (χ0v) is 32.7. The van der Waals surface area contributed by atoms with Gasteiger partial charge in [0.05, 0.1) is 22.2 Å². The molecule has 282 valence electrons. The second kappa shape index (κ2) is 12.4. The van der Waals surface area contributed by atoms with Crippen LogP contribution in [0.1, 0.15) is 54.0 Å². The summed E-state index contributed by atoms with van der Waals surface area (Å²) in [4.78, 5) is 15.2. The van der Waals surface area contributed by atoms with Crippen molar-refractivity contribution in [1.29, 1.82) is 0 Å². The lowest BCUT2D eigenvalue weighted by Crippen LogP contribution is -2.24. The summed E-state index contributed by atoms with van der Waals surface area (Å²) < 4.78 is 87.9. The Kier molecular flexibility index (Phi) is 5.51. The molecule has 6 heteroatoms. The zero-order valence-electron chi connectivity index (χ0n) is 40.9. The van der Waals surface area contributed by atoms with Crippen molar-refractivity contribution in [2.24, 2.45) is 0 Å². The highest BCUT2D eigenvalue weighted by Crippen LogP contribution is 2.56. The van der Waals surface area contributed by atoms with Crippen LogP contribution in [0.5, 0.6) is 0 Å². The van der Waals surface area contributed by atoms with Crippen molar-refractivity contribution in [3.8, 4) is 66.9 Å². The minimum absolute atomic E-state index is 0.0536. The molecule has 3 aromatic heterocycles. The molecule has 4 heterocycles. The molecule has 5 nitrogen and oxygen atoms in total. The fraction of sp³-hybridized carbons (Fsp3) is 0.113. The average molecular weight is 788 g/mol. The van der Waals surface area contributed by atoms with Gasteiger partial charge in [0.2, 0.25) is 0 Å². The normalized spacial score (nSPS) is 16.5. The molecule has 0 radical (unpaired) electrons. The number of para-hydroxylation sites is 2. The van der Waals surface area contributed by atoms with Crippen LogP contribution in [-0.2, 0) is 5.41 Å². The van der Waals surface area contributed by atoms with Crippen molar-refractivity contribution in [1.82, 2.24) is 19.4 Å². The van der Waals surface area contributed by atoms with Crippen LogP contribution in [0.2, 0.25) is 0 Å². The van der Waals surface area contributed by atoms with Crippen molar-refractivity contribution >= 4 is 39.7 Å². The average Bonchev–Trinajstić information content (AvgIpc) is 3.86. The van der Waals surface area contributed by atoms with E-state index in [2.05, 4.69) is 40.3 Å². The molecule has 0 amide bonds. The first-order chi connectivity index (χ1) is 32.4. The van der Waals surface area contributed by atoms with Crippen LogP contribution < -0.4 is 0 Å². The molecule has 7 aromatic carbocycles. The third kappa shape index (κ3) is 4.84. The molecule has 2 aliphatic rings. The van der Waals surface area contributed by atoms with Crippen LogP contribution in [0.15, 0.2) is 154 Å². The molecular weight excluding hydrogens is 741 g/mol. The lowest BCUT2D eigenvalue weighted by atomic mass is 9.74. The first kappa shape index (κ1) is 26.3. The van der Waals surface area contributed by atoms with Gasteiger partial charge in [-0.15, -0.1) is 0 Å². The number of aryl methyl sites for hydroxylation is 3. The molecule has 10 aromatic rings. The zero-order chi connectivity index (χ0) is 47.2. The Labute approximate surface area is 359 Å². The van der Waals surface area contributed by atoms with Crippen LogP contribution in [0, 0.1) is 20.6 Å². The lowest BCUT2D eigenvalue weighted by Gasteiger charge is -2.37. The number of hydrogen-bond donors (Lipinski definition) is 0. The number of fused-ring (bicyclic) bond motifs is 15. The topological polar surface area (TPSA) is 56.2 Å². The fourth-order valence-corrected chi connectivity index (χ4v) is 11.0. The van der Waals surface area contributed by atoms with Gasteiger partial charge in [0.15, 0.2) is 5.58 Å². The van der Waals surface area contributed by atoms with Gasteiger partial charge in [-0.1, -0.05) is 117 Å². The SMILES string of the molecule is [2H]C([2H])([2H])c1cc2c(cc1-c1c(C([2H])([2H])[2H])ccc3c1oc1nc4ccccc4n13)C(C)(C)c1ccc(C([2H])([2H])[2H])c(-c3ccc4c(c3)-c3ccccc3-c3ncncc3-c3ccccc3-4)c1S2. The quantitative estimate of drug-likeness (QED) is 0.175. The van der Waals surface area contributed by atoms with Gasteiger partial charge in [-0.2, -0.15) is 4.98 Å². The smallest absolute Gasteiger partial charge is 0.307 e. The highest BCUT2D eigenvalue weighted by atomic mass is 32.2. The molecule has 0 spiro atoms. The number of benzene rings is 7. The molecular formula is C53H38N4OS. The van der Waals surface area contributed by atoms with Gasteiger partial charge < -0.3 is 4.42 Å². The fourth-order valence-electron chi connectivity index (χ4n) is 9.37. The lowest BCUT2D eigenvalue weighted by molar-refractivity contribution is 0.607. The van der Waals surface area contributed by atoms with E-state index in [0.29, 0.717) is 32.0 Å². The maximum Gasteiger partial charge on any atom is 0.307 e. The standard InChI is InChI=1S/C53H38N4OS/c1-29-18-22-41-51(47(29)32-20-21-36-33-12-6-7-13-34(33)40-27-54-28-55-49(40)37-15-9-8-14-35(37)39(36)25-32)59-46-24-31(3)38(26-42(46)53(41,4)5)48-30(2)19-23-45-50(48)58-52-56-43-16-10-11-17-44(43)57(45)52/h6-28H,1-5H3/i1D3,2D3,3D3. The number of rotatable bonds is 2. The maximum atomic E-state index is 8.97. The third-order valence-electron chi connectivity index (χ3n) is 12.2. The summed E-state index contributed by atoms with van der Waals surface area (Å²) in [5, 5.41) is 0. The van der Waals surface area contributed by atoms with Gasteiger partial charge in [0.25, 0.3) is 0 Å². The first-order valence-corrected chi connectivity index (χ1v) is 20.2. The summed E-state index contributed by atoms with van der Waals surface area (Å²) in [5.74, 6) is 0.251. The van der Waals surface area contributed by atoms with Gasteiger partial charge in [-0.05, 0) is 129 Å². The highest BCUT2D eigenvalue weighted by molar-refractivity contribution is 7.99. The number of imidazole rings is 1. The molecule has 59 heavy (non-hydrogen) atoms. The van der Waals surface area contributed by atoms with Crippen molar-refractivity contribution < 1.29 is 16.8 Å². The van der Waals surface area contributed by atoms with Crippen LogP contribution in [-0.4, -0.2) is 19.4 Å². The molecule has 0 saturated heterocycles. The van der Waals surface area contributed by atoms with E-state index in [0.717, 1.165) is 61.3 Å². The van der Waals surface area contributed by atoms with Gasteiger partial charge in [-0.3, -0.25) is 4.40 Å².